The van der Waals surface area contributed by atoms with Crippen molar-refractivity contribution in [2.45, 2.75) is 51.4 Å². The topological polar surface area (TPSA) is 6.48 Å². The van der Waals surface area contributed by atoms with Crippen LogP contribution in [0.4, 0.5) is 34.1 Å². The van der Waals surface area contributed by atoms with Gasteiger partial charge in [-0.25, -0.2) is 0 Å². The minimum Gasteiger partial charge on any atom is -0.310 e. The van der Waals surface area contributed by atoms with Crippen LogP contribution in [0.25, 0.3) is 11.1 Å². The van der Waals surface area contributed by atoms with E-state index in [1.165, 1.54) is 47.9 Å². The van der Waals surface area contributed by atoms with Crippen LogP contribution in [0, 0.1) is 13.8 Å². The first-order valence-electron chi connectivity index (χ1n) is 16.9. The number of halogens is 2. The second kappa shape index (κ2) is 13.1. The van der Waals surface area contributed by atoms with E-state index in [0.717, 1.165) is 49.0 Å². The molecule has 0 aromatic heterocycles. The minimum absolute atomic E-state index is 0.686. The van der Waals surface area contributed by atoms with E-state index in [1.807, 2.05) is 0 Å². The molecule has 48 heavy (non-hydrogen) atoms. The highest BCUT2D eigenvalue weighted by Crippen LogP contribution is 2.51. The zero-order valence-corrected chi connectivity index (χ0v) is 30.5. The van der Waals surface area contributed by atoms with Crippen LogP contribution in [0.1, 0.15) is 59.8 Å². The lowest BCUT2D eigenvalue weighted by atomic mass is 9.66. The summed E-state index contributed by atoms with van der Waals surface area (Å²) in [4.78, 5) is 4.77. The van der Waals surface area contributed by atoms with E-state index in [9.17, 15) is 0 Å². The predicted molar refractivity (Wildman–Crippen MR) is 210 cm³/mol. The van der Waals surface area contributed by atoms with Gasteiger partial charge in [0.05, 0.1) is 0 Å². The van der Waals surface area contributed by atoms with Gasteiger partial charge < -0.3 is 9.80 Å². The summed E-state index contributed by atoms with van der Waals surface area (Å²) in [5.74, 6) is 1.41. The molecule has 0 atom stereocenters. The molecule has 1 fully saturated rings. The lowest BCUT2D eigenvalue weighted by Gasteiger charge is -2.38. The highest BCUT2D eigenvalue weighted by Gasteiger charge is 2.33. The SMILES string of the molecule is Cc1ccc(N(c2ccc(C)cc2)c2cc(-c3ccc4c(c3)C3CCC4CC3)cc(N(c3ccc(Br)cc3)c3ccc(Br)cc3)c2)cc1. The minimum atomic E-state index is 0.686. The molecule has 0 heterocycles. The number of aryl methyl sites for hydroxylation is 2. The number of rotatable bonds is 7. The summed E-state index contributed by atoms with van der Waals surface area (Å²) < 4.78 is 2.12. The molecule has 3 aliphatic carbocycles. The molecule has 4 heteroatoms. The second-order valence-electron chi connectivity index (χ2n) is 13.4. The third kappa shape index (κ3) is 6.13. The maximum absolute atomic E-state index is 3.66. The summed E-state index contributed by atoms with van der Waals surface area (Å²) in [5, 5.41) is 0. The molecular formula is C44H38Br2N2. The Morgan fingerprint density at radius 2 is 0.792 bits per heavy atom. The van der Waals surface area contributed by atoms with Crippen LogP contribution in [-0.2, 0) is 0 Å². The number of fused-ring (bicyclic) bond motifs is 2. The number of hydrogen-bond acceptors (Lipinski definition) is 2. The fraction of sp³-hybridized carbons (Fsp3) is 0.182. The van der Waals surface area contributed by atoms with Crippen molar-refractivity contribution in [3.63, 3.8) is 0 Å². The van der Waals surface area contributed by atoms with E-state index < -0.39 is 0 Å². The normalized spacial score (nSPS) is 16.4. The van der Waals surface area contributed by atoms with Gasteiger partial charge in [0.15, 0.2) is 0 Å². The van der Waals surface area contributed by atoms with Gasteiger partial charge in [-0.2, -0.15) is 0 Å². The van der Waals surface area contributed by atoms with E-state index in [-0.39, 0.29) is 0 Å². The summed E-state index contributed by atoms with van der Waals surface area (Å²) >= 11 is 7.33. The summed E-state index contributed by atoms with van der Waals surface area (Å²) in [6, 6.07) is 49.4. The van der Waals surface area contributed by atoms with Gasteiger partial charge in [0, 0.05) is 43.1 Å². The molecule has 0 saturated heterocycles. The smallest absolute Gasteiger partial charge is 0.0488 e. The van der Waals surface area contributed by atoms with Gasteiger partial charge in [0.25, 0.3) is 0 Å². The standard InChI is InChI=1S/C44H38Br2N2/c1-29-3-16-37(17-4-29)47(38-18-5-30(2)6-19-38)41-25-34(33-11-24-43-31-7-9-32(10-8-31)44(43)27-33)26-42(28-41)48(39-20-12-35(45)13-21-39)40-22-14-36(46)15-23-40/h3-6,11-28,31-32H,7-10H2,1-2H3. The lowest BCUT2D eigenvalue weighted by molar-refractivity contribution is 0.359. The molecule has 6 aromatic rings. The van der Waals surface area contributed by atoms with Crippen LogP contribution >= 0.6 is 31.9 Å². The molecule has 2 nitrogen and oxygen atoms in total. The number of anilines is 6. The first-order valence-corrected chi connectivity index (χ1v) is 18.5. The van der Waals surface area contributed by atoms with Crippen LogP contribution in [0.2, 0.25) is 0 Å². The average molecular weight is 755 g/mol. The van der Waals surface area contributed by atoms with Crippen molar-refractivity contribution in [1.82, 2.24) is 0 Å². The fourth-order valence-corrected chi connectivity index (χ4v) is 8.21. The van der Waals surface area contributed by atoms with E-state index in [1.54, 1.807) is 11.1 Å². The van der Waals surface area contributed by atoms with Gasteiger partial charge >= 0.3 is 0 Å². The summed E-state index contributed by atoms with van der Waals surface area (Å²) in [6.45, 7) is 4.30. The Hall–Kier alpha value is -4.12. The first kappa shape index (κ1) is 31.2. The van der Waals surface area contributed by atoms with E-state index in [0.29, 0.717) is 5.92 Å². The molecule has 0 radical (unpaired) electrons. The van der Waals surface area contributed by atoms with Crippen LogP contribution in [0.5, 0.6) is 0 Å². The number of hydrogen-bond donors (Lipinski definition) is 0. The number of benzene rings is 6. The van der Waals surface area contributed by atoms with Crippen molar-refractivity contribution in [3.8, 4) is 11.1 Å². The molecule has 238 valence electrons. The average Bonchev–Trinajstić information content (AvgIpc) is 3.12. The van der Waals surface area contributed by atoms with Crippen molar-refractivity contribution in [3.05, 3.63) is 165 Å². The van der Waals surface area contributed by atoms with Crippen LogP contribution in [0.15, 0.2) is 142 Å². The second-order valence-corrected chi connectivity index (χ2v) is 15.3. The molecule has 0 unspecified atom stereocenters. The van der Waals surface area contributed by atoms with E-state index in [4.69, 9.17) is 0 Å². The maximum Gasteiger partial charge on any atom is 0.0488 e. The first-order chi connectivity index (χ1) is 23.4. The van der Waals surface area contributed by atoms with Gasteiger partial charge in [-0.3, -0.25) is 0 Å². The molecule has 6 aromatic carbocycles. The van der Waals surface area contributed by atoms with Gasteiger partial charge in [0.1, 0.15) is 0 Å². The van der Waals surface area contributed by atoms with Crippen molar-refractivity contribution in [2.75, 3.05) is 9.80 Å². The Morgan fingerprint density at radius 1 is 0.396 bits per heavy atom. The van der Waals surface area contributed by atoms with Crippen LogP contribution in [0.3, 0.4) is 0 Å². The van der Waals surface area contributed by atoms with Crippen molar-refractivity contribution in [2.24, 2.45) is 0 Å². The quantitative estimate of drug-likeness (QED) is 0.160. The summed E-state index contributed by atoms with van der Waals surface area (Å²) in [5.41, 5.74) is 14.9. The Kier molecular flexibility index (Phi) is 8.48. The third-order valence-electron chi connectivity index (χ3n) is 10.2. The van der Waals surface area contributed by atoms with Crippen LogP contribution < -0.4 is 9.80 Å². The van der Waals surface area contributed by atoms with E-state index >= 15 is 0 Å². The monoisotopic (exact) mass is 752 g/mol. The molecule has 0 aliphatic heterocycles. The molecule has 0 N–H and O–H groups in total. The Balaban J connectivity index is 1.37. The van der Waals surface area contributed by atoms with Gasteiger partial charge in [-0.05, 0) is 165 Å². The highest BCUT2D eigenvalue weighted by atomic mass is 79.9. The van der Waals surface area contributed by atoms with Crippen molar-refractivity contribution in [1.29, 1.82) is 0 Å². The number of nitrogens with zero attached hydrogens (tertiary/aromatic N) is 2. The summed E-state index contributed by atoms with van der Waals surface area (Å²) in [7, 11) is 0. The van der Waals surface area contributed by atoms with Crippen LogP contribution in [-0.4, -0.2) is 0 Å². The molecule has 9 rings (SSSR count). The molecule has 1 saturated carbocycles. The Bertz CT molecular complexity index is 1850. The van der Waals surface area contributed by atoms with Gasteiger partial charge in [-0.1, -0.05) is 85.5 Å². The zero-order valence-electron chi connectivity index (χ0n) is 27.3. The van der Waals surface area contributed by atoms with E-state index in [2.05, 4.69) is 189 Å². The molecule has 0 spiro atoms. The molecule has 2 bridgehead atoms. The maximum atomic E-state index is 3.66. The Labute approximate surface area is 301 Å². The van der Waals surface area contributed by atoms with Crippen molar-refractivity contribution >= 4 is 66.0 Å². The molecule has 3 aliphatic rings. The van der Waals surface area contributed by atoms with Crippen molar-refractivity contribution < 1.29 is 0 Å². The lowest BCUT2D eigenvalue weighted by Crippen LogP contribution is -2.21. The highest BCUT2D eigenvalue weighted by molar-refractivity contribution is 9.10. The molecule has 0 amide bonds. The summed E-state index contributed by atoms with van der Waals surface area (Å²) in [6.07, 6.45) is 5.33. The Morgan fingerprint density at radius 3 is 1.23 bits per heavy atom. The molecular weight excluding hydrogens is 716 g/mol. The van der Waals surface area contributed by atoms with Gasteiger partial charge in [-0.15, -0.1) is 0 Å². The predicted octanol–water partition coefficient (Wildman–Crippen LogP) is 14.2. The third-order valence-corrected chi connectivity index (χ3v) is 11.3. The fourth-order valence-electron chi connectivity index (χ4n) is 7.68. The largest absolute Gasteiger partial charge is 0.310 e. The van der Waals surface area contributed by atoms with Gasteiger partial charge in [0.2, 0.25) is 0 Å². The zero-order chi connectivity index (χ0) is 32.8.